The predicted molar refractivity (Wildman–Crippen MR) is 81.1 cm³/mol. The molecule has 0 aliphatic carbocycles. The van der Waals surface area contributed by atoms with E-state index in [9.17, 15) is 4.79 Å². The van der Waals surface area contributed by atoms with E-state index in [4.69, 9.17) is 11.6 Å². The first kappa shape index (κ1) is 15.6. The minimum absolute atomic E-state index is 0.127. The molecule has 0 spiro atoms. The van der Waals surface area contributed by atoms with E-state index in [1.165, 1.54) is 6.20 Å². The Kier molecular flexibility index (Phi) is 4.09. The molecule has 0 aliphatic heterocycles. The molecule has 0 saturated carbocycles. The quantitative estimate of drug-likeness (QED) is 0.941. The van der Waals surface area contributed by atoms with Gasteiger partial charge >= 0.3 is 0 Å². The SMILES string of the molecule is Cc1c(C(C)NC(=O)C(C)(C)n2cc(Cl)cn2)cnn1C. The monoisotopic (exact) mass is 309 g/mol. The third kappa shape index (κ3) is 2.95. The fourth-order valence-electron chi connectivity index (χ4n) is 2.10. The van der Waals surface area contributed by atoms with Gasteiger partial charge in [-0.2, -0.15) is 10.2 Å². The van der Waals surface area contributed by atoms with Crippen LogP contribution < -0.4 is 5.32 Å². The number of carbonyl (C=O) groups is 1. The van der Waals surface area contributed by atoms with Crippen LogP contribution >= 0.6 is 11.6 Å². The number of nitrogens with one attached hydrogen (secondary N) is 1. The highest BCUT2D eigenvalue weighted by molar-refractivity contribution is 6.30. The molecule has 1 unspecified atom stereocenters. The van der Waals surface area contributed by atoms with Crippen molar-refractivity contribution in [1.29, 1.82) is 0 Å². The van der Waals surface area contributed by atoms with Crippen molar-refractivity contribution in [3.8, 4) is 0 Å². The molecule has 0 aliphatic rings. The minimum atomic E-state index is -0.822. The Morgan fingerprint density at radius 1 is 1.38 bits per heavy atom. The number of nitrogens with zero attached hydrogens (tertiary/aromatic N) is 4. The summed E-state index contributed by atoms with van der Waals surface area (Å²) in [7, 11) is 1.88. The van der Waals surface area contributed by atoms with Crippen molar-refractivity contribution < 1.29 is 4.79 Å². The van der Waals surface area contributed by atoms with Gasteiger partial charge in [0.15, 0.2) is 0 Å². The highest BCUT2D eigenvalue weighted by atomic mass is 35.5. The molecule has 2 aromatic heterocycles. The number of hydrogen-bond acceptors (Lipinski definition) is 3. The Bertz CT molecular complexity index is 658. The van der Waals surface area contributed by atoms with Crippen molar-refractivity contribution in [2.75, 3.05) is 0 Å². The van der Waals surface area contributed by atoms with Crippen LogP contribution in [0.15, 0.2) is 18.6 Å². The summed E-state index contributed by atoms with van der Waals surface area (Å²) < 4.78 is 3.35. The first-order chi connectivity index (χ1) is 9.73. The normalized spacial score (nSPS) is 13.2. The zero-order chi connectivity index (χ0) is 15.8. The zero-order valence-corrected chi connectivity index (χ0v) is 13.6. The summed E-state index contributed by atoms with van der Waals surface area (Å²) in [5.74, 6) is -0.127. The standard InChI is InChI=1S/C14H20ClN5O/c1-9(12-7-16-19(5)10(12)2)18-13(21)14(3,4)20-8-11(15)6-17-20/h6-9H,1-5H3,(H,18,21). The molecule has 114 valence electrons. The predicted octanol–water partition coefficient (Wildman–Crippen LogP) is 2.19. The Hall–Kier alpha value is -1.82. The lowest BCUT2D eigenvalue weighted by atomic mass is 10.0. The van der Waals surface area contributed by atoms with Crippen LogP contribution in [0.5, 0.6) is 0 Å². The van der Waals surface area contributed by atoms with Crippen molar-refractivity contribution in [3.05, 3.63) is 34.9 Å². The second-order valence-corrected chi connectivity index (χ2v) is 6.10. The van der Waals surface area contributed by atoms with Crippen LogP contribution in [0.2, 0.25) is 5.02 Å². The fourth-order valence-corrected chi connectivity index (χ4v) is 2.24. The van der Waals surface area contributed by atoms with Crippen molar-refractivity contribution in [2.24, 2.45) is 7.05 Å². The number of carbonyl (C=O) groups excluding carboxylic acids is 1. The number of halogens is 1. The summed E-state index contributed by atoms with van der Waals surface area (Å²) in [6.07, 6.45) is 4.93. The summed E-state index contributed by atoms with van der Waals surface area (Å²) >= 11 is 5.87. The maximum atomic E-state index is 12.5. The Labute approximate surface area is 129 Å². The van der Waals surface area contributed by atoms with E-state index in [0.29, 0.717) is 5.02 Å². The lowest BCUT2D eigenvalue weighted by Gasteiger charge is -2.26. The van der Waals surface area contributed by atoms with Crippen LogP contribution in [-0.2, 0) is 17.4 Å². The molecule has 7 heteroatoms. The molecule has 0 saturated heterocycles. The summed E-state index contributed by atoms with van der Waals surface area (Å²) in [6, 6.07) is -0.128. The van der Waals surface area contributed by atoms with Crippen LogP contribution in [0, 0.1) is 6.92 Å². The lowest BCUT2D eigenvalue weighted by molar-refractivity contribution is -0.129. The van der Waals surface area contributed by atoms with Crippen molar-refractivity contribution >= 4 is 17.5 Å². The average Bonchev–Trinajstić information content (AvgIpc) is 2.97. The van der Waals surface area contributed by atoms with Crippen LogP contribution in [0.1, 0.15) is 38.1 Å². The highest BCUT2D eigenvalue weighted by Gasteiger charge is 2.32. The second-order valence-electron chi connectivity index (χ2n) is 5.67. The van der Waals surface area contributed by atoms with E-state index in [0.717, 1.165) is 11.3 Å². The molecular formula is C14H20ClN5O. The Balaban J connectivity index is 2.15. The summed E-state index contributed by atoms with van der Waals surface area (Å²) in [4.78, 5) is 12.5. The summed E-state index contributed by atoms with van der Waals surface area (Å²) in [5, 5.41) is 11.8. The maximum absolute atomic E-state index is 12.5. The lowest BCUT2D eigenvalue weighted by Crippen LogP contribution is -2.45. The molecular weight excluding hydrogens is 290 g/mol. The summed E-state index contributed by atoms with van der Waals surface area (Å²) in [5.41, 5.74) is 1.21. The third-order valence-electron chi connectivity index (χ3n) is 3.77. The van der Waals surface area contributed by atoms with E-state index in [1.807, 2.05) is 20.9 Å². The molecule has 0 bridgehead atoms. The molecule has 1 atom stereocenters. The van der Waals surface area contributed by atoms with E-state index >= 15 is 0 Å². The molecule has 0 aromatic carbocycles. The fraction of sp³-hybridized carbons (Fsp3) is 0.500. The van der Waals surface area contributed by atoms with Crippen molar-refractivity contribution in [2.45, 2.75) is 39.3 Å². The van der Waals surface area contributed by atoms with Gasteiger partial charge in [-0.05, 0) is 27.7 Å². The van der Waals surface area contributed by atoms with Crippen LogP contribution in [-0.4, -0.2) is 25.5 Å². The van der Waals surface area contributed by atoms with Crippen molar-refractivity contribution in [1.82, 2.24) is 24.9 Å². The minimum Gasteiger partial charge on any atom is -0.347 e. The van der Waals surface area contributed by atoms with Gasteiger partial charge in [0.05, 0.1) is 23.5 Å². The Morgan fingerprint density at radius 3 is 2.52 bits per heavy atom. The van der Waals surface area contributed by atoms with Gasteiger partial charge in [-0.15, -0.1) is 0 Å². The van der Waals surface area contributed by atoms with Crippen LogP contribution in [0.3, 0.4) is 0 Å². The molecule has 2 heterocycles. The number of aromatic nitrogens is 4. The second kappa shape index (κ2) is 5.52. The number of aryl methyl sites for hydroxylation is 1. The average molecular weight is 310 g/mol. The largest absolute Gasteiger partial charge is 0.347 e. The van der Waals surface area contributed by atoms with Gasteiger partial charge in [-0.3, -0.25) is 14.2 Å². The van der Waals surface area contributed by atoms with E-state index in [1.54, 1.807) is 35.6 Å². The van der Waals surface area contributed by atoms with Crippen LogP contribution in [0.25, 0.3) is 0 Å². The molecule has 1 N–H and O–H groups in total. The molecule has 1 amide bonds. The number of amides is 1. The highest BCUT2D eigenvalue weighted by Crippen LogP contribution is 2.21. The summed E-state index contributed by atoms with van der Waals surface area (Å²) in [6.45, 7) is 7.51. The van der Waals surface area contributed by atoms with Gasteiger partial charge in [-0.25, -0.2) is 0 Å². The maximum Gasteiger partial charge on any atom is 0.247 e. The van der Waals surface area contributed by atoms with Gasteiger partial charge in [0, 0.05) is 24.5 Å². The number of rotatable bonds is 4. The molecule has 6 nitrogen and oxygen atoms in total. The first-order valence-corrected chi connectivity index (χ1v) is 7.11. The molecule has 2 aromatic rings. The number of hydrogen-bond donors (Lipinski definition) is 1. The Morgan fingerprint density at radius 2 is 2.05 bits per heavy atom. The zero-order valence-electron chi connectivity index (χ0n) is 12.9. The van der Waals surface area contributed by atoms with Gasteiger partial charge < -0.3 is 5.32 Å². The molecule has 0 radical (unpaired) electrons. The van der Waals surface area contributed by atoms with E-state index in [2.05, 4.69) is 15.5 Å². The first-order valence-electron chi connectivity index (χ1n) is 6.73. The van der Waals surface area contributed by atoms with Crippen LogP contribution in [0.4, 0.5) is 0 Å². The topological polar surface area (TPSA) is 64.7 Å². The smallest absolute Gasteiger partial charge is 0.247 e. The van der Waals surface area contributed by atoms with Gasteiger partial charge in [0.1, 0.15) is 5.54 Å². The van der Waals surface area contributed by atoms with Gasteiger partial charge in [0.2, 0.25) is 5.91 Å². The van der Waals surface area contributed by atoms with Gasteiger partial charge in [-0.1, -0.05) is 11.6 Å². The molecule has 21 heavy (non-hydrogen) atoms. The van der Waals surface area contributed by atoms with E-state index in [-0.39, 0.29) is 11.9 Å². The van der Waals surface area contributed by atoms with E-state index < -0.39 is 5.54 Å². The van der Waals surface area contributed by atoms with Gasteiger partial charge in [0.25, 0.3) is 0 Å². The van der Waals surface area contributed by atoms with Crippen molar-refractivity contribution in [3.63, 3.8) is 0 Å². The third-order valence-corrected chi connectivity index (χ3v) is 3.96. The molecule has 0 fully saturated rings. The molecule has 2 rings (SSSR count).